The first-order chi connectivity index (χ1) is 54.2. The molecule has 15 rings (SSSR count). The van der Waals surface area contributed by atoms with Gasteiger partial charge in [0.1, 0.15) is 34.9 Å². The summed E-state index contributed by atoms with van der Waals surface area (Å²) in [4.78, 5) is 63.5. The number of morpholine rings is 3. The number of hydrogen-bond acceptors (Lipinski definition) is 15. The number of amides is 6. The minimum absolute atomic E-state index is 0.00466. The summed E-state index contributed by atoms with van der Waals surface area (Å²) >= 11 is 0. The van der Waals surface area contributed by atoms with Crippen LogP contribution in [-0.4, -0.2) is 213 Å². The number of benzene rings is 3. The second kappa shape index (κ2) is 34.1. The number of aromatic nitrogens is 9. The predicted octanol–water partition coefficient (Wildman–Crippen LogP) is 14.8. The molecular weight excluding hydrogens is 1490 g/mol. The first-order valence-corrected chi connectivity index (χ1v) is 38.0. The molecule has 0 spiro atoms. The van der Waals surface area contributed by atoms with Crippen LogP contribution in [0.15, 0.2) is 110 Å². The van der Waals surface area contributed by atoms with E-state index in [1.807, 2.05) is 76.1 Å². The van der Waals surface area contributed by atoms with Crippen LogP contribution in [-0.2, 0) is 35.4 Å². The zero-order valence-electron chi connectivity index (χ0n) is 65.0. The highest BCUT2D eigenvalue weighted by Crippen LogP contribution is 2.41. The van der Waals surface area contributed by atoms with Crippen LogP contribution in [0.5, 0.6) is 0 Å². The van der Waals surface area contributed by atoms with Crippen LogP contribution >= 0.6 is 0 Å². The Morgan fingerprint density at radius 1 is 0.377 bits per heavy atom. The van der Waals surface area contributed by atoms with Crippen LogP contribution in [0.3, 0.4) is 0 Å². The first kappa shape index (κ1) is 81.2. The number of urea groups is 3. The van der Waals surface area contributed by atoms with E-state index in [0.29, 0.717) is 95.6 Å². The van der Waals surface area contributed by atoms with E-state index in [-0.39, 0.29) is 75.6 Å². The maximum atomic E-state index is 15.0. The third kappa shape index (κ3) is 19.3. The topological polar surface area (TPSA) is 227 Å². The van der Waals surface area contributed by atoms with Crippen molar-refractivity contribution in [3.05, 3.63) is 144 Å². The summed E-state index contributed by atoms with van der Waals surface area (Å²) in [7, 11) is 5.50. The van der Waals surface area contributed by atoms with E-state index in [4.69, 9.17) is 29.2 Å². The third-order valence-corrected chi connectivity index (χ3v) is 21.6. The Labute approximate surface area is 654 Å². The average molecular weight is 1590 g/mol. The molecule has 3 N–H and O–H groups in total. The molecule has 0 aliphatic carbocycles. The molecule has 6 aliphatic rings. The highest BCUT2D eigenvalue weighted by atomic mass is 19.3. The minimum Gasteiger partial charge on any atom is -0.378 e. The van der Waals surface area contributed by atoms with Gasteiger partial charge in [-0.3, -0.25) is 14.0 Å². The smallest absolute Gasteiger partial charge is 0.321 e. The number of hydrogen-bond donors (Lipinski definition) is 3. The second-order valence-corrected chi connectivity index (χ2v) is 30.2. The zero-order valence-corrected chi connectivity index (χ0v) is 65.0. The van der Waals surface area contributed by atoms with Gasteiger partial charge in [0.25, 0.3) is 0 Å². The van der Waals surface area contributed by atoms with Crippen molar-refractivity contribution in [2.45, 2.75) is 78.6 Å². The van der Waals surface area contributed by atoms with Crippen LogP contribution in [0.2, 0.25) is 0 Å². The Hall–Kier alpha value is -10.8. The number of anilines is 6. The van der Waals surface area contributed by atoms with Crippen LogP contribution in [0, 0.1) is 56.0 Å². The SMILES string of the molecule is Cc1cc(F)c(NC(=O)N2CCC(C(C)(F)F)C2)cc1-c1cc(-c2cnn(C)c2)nc(N2CCOCC2)c1.Cc1cc(F)c(NC(=O)N2CC[C@@H](C(C)(F)F)C2)cc1-c1cc(-c2cnn(C)c2)nc(N2CCOCC2)c1.Cc1cc(F)c(NC(=O)N2CC[C@H](C(C)(F)F)C2)cc1-c1cc(-c2cnn(C)c2)nc(N2CCOCC2)c1. The number of rotatable bonds is 15. The maximum Gasteiger partial charge on any atom is 0.321 e. The lowest BCUT2D eigenvalue weighted by atomic mass is 9.98. The fraction of sp³-hybridized carbons (Fsp3) is 0.444. The van der Waals surface area contributed by atoms with Crippen molar-refractivity contribution in [3.8, 4) is 67.2 Å². The number of aryl methyl sites for hydroxylation is 6. The molecule has 24 nitrogen and oxygen atoms in total. The Bertz CT molecular complexity index is 4480. The minimum atomic E-state index is -2.87. The van der Waals surface area contributed by atoms with Gasteiger partial charge in [-0.1, -0.05) is 0 Å². The molecule has 0 saturated carbocycles. The van der Waals surface area contributed by atoms with Gasteiger partial charge >= 0.3 is 18.1 Å². The van der Waals surface area contributed by atoms with Crippen LogP contribution < -0.4 is 30.7 Å². The molecular formula is C81H93F9N18O6. The molecule has 606 valence electrons. The largest absolute Gasteiger partial charge is 0.378 e. The van der Waals surface area contributed by atoms with Gasteiger partial charge in [0.05, 0.1) is 92.4 Å². The molecule has 6 aliphatic heterocycles. The van der Waals surface area contributed by atoms with Gasteiger partial charge in [-0.05, 0) is 184 Å². The summed E-state index contributed by atoms with van der Waals surface area (Å²) in [5, 5.41) is 20.6. The van der Waals surface area contributed by atoms with Gasteiger partial charge in [-0.25, -0.2) is 68.8 Å². The van der Waals surface area contributed by atoms with Crippen molar-refractivity contribution in [1.82, 2.24) is 59.0 Å². The number of likely N-dealkylation sites (tertiary alicyclic amines) is 3. The Balaban J connectivity index is 0.000000149. The van der Waals surface area contributed by atoms with Crippen LogP contribution in [0.4, 0.5) is 88.4 Å². The van der Waals surface area contributed by atoms with Crippen molar-refractivity contribution in [2.75, 3.05) is 149 Å². The van der Waals surface area contributed by atoms with E-state index in [1.165, 1.54) is 32.9 Å². The second-order valence-electron chi connectivity index (χ2n) is 30.2. The van der Waals surface area contributed by atoms with E-state index < -0.39 is 71.1 Å². The van der Waals surface area contributed by atoms with E-state index >= 15 is 0 Å². The maximum absolute atomic E-state index is 15.0. The molecule has 1 unspecified atom stereocenters. The number of ether oxygens (including phenoxy) is 3. The van der Waals surface area contributed by atoms with E-state index in [1.54, 1.807) is 71.6 Å². The van der Waals surface area contributed by atoms with Crippen molar-refractivity contribution >= 4 is 52.6 Å². The molecule has 0 bridgehead atoms. The van der Waals surface area contributed by atoms with Crippen LogP contribution in [0.25, 0.3) is 67.2 Å². The monoisotopic (exact) mass is 1580 g/mol. The van der Waals surface area contributed by atoms with Crippen molar-refractivity contribution in [3.63, 3.8) is 0 Å². The van der Waals surface area contributed by atoms with Gasteiger partial charge in [0.15, 0.2) is 0 Å². The Morgan fingerprint density at radius 3 is 0.851 bits per heavy atom. The number of pyridine rings is 3. The molecule has 6 amide bonds. The van der Waals surface area contributed by atoms with Crippen LogP contribution in [0.1, 0.15) is 56.7 Å². The highest BCUT2D eigenvalue weighted by molar-refractivity contribution is 5.94. The number of nitrogens with zero attached hydrogens (tertiary/aromatic N) is 15. The summed E-state index contributed by atoms with van der Waals surface area (Å²) in [6.07, 6.45) is 11.5. The number of nitrogens with one attached hydrogen (secondary N) is 3. The fourth-order valence-corrected chi connectivity index (χ4v) is 14.9. The lowest BCUT2D eigenvalue weighted by molar-refractivity contribution is -0.0344. The number of halogens is 9. The molecule has 6 fully saturated rings. The summed E-state index contributed by atoms with van der Waals surface area (Å²) in [6, 6.07) is 18.7. The lowest BCUT2D eigenvalue weighted by Crippen LogP contribution is -2.36. The summed E-state index contributed by atoms with van der Waals surface area (Å²) < 4.78 is 149. The van der Waals surface area contributed by atoms with E-state index in [9.17, 15) is 53.9 Å². The van der Waals surface area contributed by atoms with E-state index in [2.05, 4.69) is 45.9 Å². The quantitative estimate of drug-likeness (QED) is 0.0811. The van der Waals surface area contributed by atoms with Gasteiger partial charge in [-0.15, -0.1) is 0 Å². The summed E-state index contributed by atoms with van der Waals surface area (Å²) in [5.74, 6) is -10.8. The standard InChI is InChI=1S/3C27H31F3N6O2/c3*1-17-10-22(28)24(33-26(37)36-5-4-20(16-36)27(2,29)30)13-21(17)18-11-23(19-14-31-34(3)15-19)32-25(12-18)35-6-8-38-9-7-35/h3*10-15,20H,4-9,16H2,1-3H3,(H,33,37)/t2*20-;/m10./s1. The molecule has 12 heterocycles. The Kier molecular flexibility index (Phi) is 24.3. The molecule has 6 saturated heterocycles. The molecule has 9 aromatic rings. The first-order valence-electron chi connectivity index (χ1n) is 38.0. The predicted molar refractivity (Wildman–Crippen MR) is 417 cm³/mol. The normalized spacial score (nSPS) is 18.2. The molecule has 3 atom stereocenters. The zero-order chi connectivity index (χ0) is 81.1. The summed E-state index contributed by atoms with van der Waals surface area (Å²) in [6.45, 7) is 16.1. The van der Waals surface area contributed by atoms with E-state index in [0.717, 1.165) is 105 Å². The van der Waals surface area contributed by atoms with Crippen molar-refractivity contribution < 1.29 is 68.1 Å². The number of carbonyl (C=O) groups is 3. The highest BCUT2D eigenvalue weighted by Gasteiger charge is 2.43. The molecule has 0 radical (unpaired) electrons. The molecule has 3 aromatic carbocycles. The van der Waals surface area contributed by atoms with Crippen molar-refractivity contribution in [2.24, 2.45) is 38.9 Å². The average Bonchev–Trinajstić information content (AvgIpc) is 0.991. The number of carbonyl (C=O) groups excluding carboxylic acids is 3. The summed E-state index contributed by atoms with van der Waals surface area (Å²) in [5.41, 5.74) is 11.3. The third-order valence-electron chi connectivity index (χ3n) is 21.6. The fourth-order valence-electron chi connectivity index (χ4n) is 14.9. The van der Waals surface area contributed by atoms with Gasteiger partial charge in [-0.2, -0.15) is 15.3 Å². The molecule has 6 aromatic heterocycles. The molecule has 33 heteroatoms. The number of alkyl halides is 6. The Morgan fingerprint density at radius 2 is 0.632 bits per heavy atom. The van der Waals surface area contributed by atoms with Gasteiger partial charge in [0.2, 0.25) is 17.8 Å². The van der Waals surface area contributed by atoms with Crippen molar-refractivity contribution in [1.29, 1.82) is 0 Å². The van der Waals surface area contributed by atoms with Gasteiger partial charge < -0.3 is 59.6 Å². The lowest BCUT2D eigenvalue weighted by Gasteiger charge is -2.28. The van der Waals surface area contributed by atoms with Gasteiger partial charge in [0, 0.05) is 153 Å². The molecule has 114 heavy (non-hydrogen) atoms.